The Morgan fingerprint density at radius 3 is 2.31 bits per heavy atom. The van der Waals surface area contributed by atoms with Crippen LogP contribution in [0.25, 0.3) is 0 Å². The second kappa shape index (κ2) is 8.60. The third-order valence-corrected chi connectivity index (χ3v) is 6.08. The number of benzene rings is 1. The van der Waals surface area contributed by atoms with Crippen LogP contribution < -0.4 is 4.31 Å². The Balaban J connectivity index is 2.26. The number of nitrogens with zero attached hydrogens (tertiary/aromatic N) is 2. The minimum Gasteiger partial charge on any atom is -0.469 e. The number of anilines is 1. The first-order chi connectivity index (χ1) is 13.4. The molecule has 11 heteroatoms. The van der Waals surface area contributed by atoms with Crippen molar-refractivity contribution < 1.29 is 35.9 Å². The minimum absolute atomic E-state index is 0.225. The van der Waals surface area contributed by atoms with Gasteiger partial charge in [-0.2, -0.15) is 13.2 Å². The number of carbonyl (C=O) groups is 2. The summed E-state index contributed by atoms with van der Waals surface area (Å²) in [5, 5.41) is 0. The van der Waals surface area contributed by atoms with Crippen molar-refractivity contribution in [2.75, 3.05) is 30.8 Å². The SMILES string of the molecule is COC(=O)C1CCN(C(=O)[C@H](C)N(c2cccc(C(F)(F)F)c2)S(C)(=O)=O)CC1. The number of hydrogen-bond acceptors (Lipinski definition) is 5. The fourth-order valence-electron chi connectivity index (χ4n) is 3.39. The van der Waals surface area contributed by atoms with E-state index < -0.39 is 33.7 Å². The molecule has 2 rings (SSSR count). The number of esters is 1. The van der Waals surface area contributed by atoms with Crippen molar-refractivity contribution in [1.82, 2.24) is 4.90 Å². The zero-order valence-electron chi connectivity index (χ0n) is 16.3. The van der Waals surface area contributed by atoms with Gasteiger partial charge in [-0.25, -0.2) is 8.42 Å². The maximum Gasteiger partial charge on any atom is 0.416 e. The molecule has 1 aromatic carbocycles. The van der Waals surface area contributed by atoms with E-state index >= 15 is 0 Å². The summed E-state index contributed by atoms with van der Waals surface area (Å²) >= 11 is 0. The number of alkyl halides is 3. The molecule has 162 valence electrons. The third kappa shape index (κ3) is 5.40. The van der Waals surface area contributed by atoms with Gasteiger partial charge in [-0.3, -0.25) is 13.9 Å². The highest BCUT2D eigenvalue weighted by Gasteiger charge is 2.36. The predicted octanol–water partition coefficient (Wildman–Crippen LogP) is 2.27. The molecular formula is C18H23F3N2O5S. The molecule has 1 aliphatic heterocycles. The fraction of sp³-hybridized carbons (Fsp3) is 0.556. The molecule has 1 heterocycles. The van der Waals surface area contributed by atoms with Crippen LogP contribution in [0.15, 0.2) is 24.3 Å². The lowest BCUT2D eigenvalue weighted by molar-refractivity contribution is -0.149. The molecule has 0 unspecified atom stereocenters. The molecule has 0 spiro atoms. The molecule has 29 heavy (non-hydrogen) atoms. The van der Waals surface area contributed by atoms with E-state index in [1.54, 1.807) is 0 Å². The maximum atomic E-state index is 13.0. The Bertz CT molecular complexity index is 864. The zero-order chi connectivity index (χ0) is 22.0. The average Bonchev–Trinajstić information content (AvgIpc) is 2.65. The van der Waals surface area contributed by atoms with Crippen molar-refractivity contribution in [1.29, 1.82) is 0 Å². The van der Waals surface area contributed by atoms with E-state index in [9.17, 15) is 31.2 Å². The van der Waals surface area contributed by atoms with Crippen molar-refractivity contribution >= 4 is 27.6 Å². The molecule has 1 aromatic rings. The van der Waals surface area contributed by atoms with E-state index in [0.717, 1.165) is 18.4 Å². The van der Waals surface area contributed by atoms with Gasteiger partial charge in [0.25, 0.3) is 0 Å². The molecule has 7 nitrogen and oxygen atoms in total. The Hall–Kier alpha value is -2.30. The predicted molar refractivity (Wildman–Crippen MR) is 99.5 cm³/mol. The largest absolute Gasteiger partial charge is 0.469 e. The Labute approximate surface area is 167 Å². The number of likely N-dealkylation sites (tertiary alicyclic amines) is 1. The standard InChI is InChI=1S/C18H23F3N2O5S/c1-12(16(24)22-9-7-13(8-10-22)17(25)28-2)23(29(3,26)27)15-6-4-5-14(11-15)18(19,20)21/h4-6,11-13H,7-10H2,1-3H3/t12-/m0/s1. The van der Waals surface area contributed by atoms with Crippen LogP contribution in [0, 0.1) is 5.92 Å². The number of ether oxygens (including phenoxy) is 1. The van der Waals surface area contributed by atoms with Crippen LogP contribution >= 0.6 is 0 Å². The summed E-state index contributed by atoms with van der Waals surface area (Å²) in [5.74, 6) is -1.25. The average molecular weight is 436 g/mol. The first kappa shape index (κ1) is 23.0. The van der Waals surface area contributed by atoms with E-state index in [1.165, 1.54) is 25.0 Å². The quantitative estimate of drug-likeness (QED) is 0.662. The van der Waals surface area contributed by atoms with Gasteiger partial charge in [-0.05, 0) is 38.0 Å². The Morgan fingerprint density at radius 1 is 1.24 bits per heavy atom. The second-order valence-electron chi connectivity index (χ2n) is 6.91. The van der Waals surface area contributed by atoms with Gasteiger partial charge in [0.05, 0.1) is 30.5 Å². The van der Waals surface area contributed by atoms with E-state index in [2.05, 4.69) is 0 Å². The van der Waals surface area contributed by atoms with Gasteiger partial charge in [0.15, 0.2) is 0 Å². The number of amides is 1. The van der Waals surface area contributed by atoms with Gasteiger partial charge in [0, 0.05) is 13.1 Å². The van der Waals surface area contributed by atoms with Crippen LogP contribution in [0.2, 0.25) is 0 Å². The minimum atomic E-state index is -4.65. The number of rotatable bonds is 5. The number of sulfonamides is 1. The smallest absolute Gasteiger partial charge is 0.416 e. The van der Waals surface area contributed by atoms with Gasteiger partial charge in [0.2, 0.25) is 15.9 Å². The van der Waals surface area contributed by atoms with E-state index in [-0.39, 0.29) is 30.7 Å². The molecule has 1 atom stereocenters. The van der Waals surface area contributed by atoms with Crippen molar-refractivity contribution in [2.24, 2.45) is 5.92 Å². The lowest BCUT2D eigenvalue weighted by Crippen LogP contribution is -2.51. The molecule has 0 saturated carbocycles. The fourth-order valence-corrected chi connectivity index (χ4v) is 4.55. The van der Waals surface area contributed by atoms with Gasteiger partial charge in [-0.15, -0.1) is 0 Å². The van der Waals surface area contributed by atoms with Gasteiger partial charge in [0.1, 0.15) is 6.04 Å². The van der Waals surface area contributed by atoms with Gasteiger partial charge in [-0.1, -0.05) is 6.07 Å². The van der Waals surface area contributed by atoms with Crippen molar-refractivity contribution in [3.63, 3.8) is 0 Å². The van der Waals surface area contributed by atoms with Crippen LogP contribution in [0.4, 0.5) is 18.9 Å². The lowest BCUT2D eigenvalue weighted by Gasteiger charge is -2.36. The van der Waals surface area contributed by atoms with Gasteiger partial charge >= 0.3 is 12.1 Å². The number of piperidine rings is 1. The van der Waals surface area contributed by atoms with Crippen molar-refractivity contribution in [3.8, 4) is 0 Å². The van der Waals surface area contributed by atoms with E-state index in [0.29, 0.717) is 23.2 Å². The highest BCUT2D eigenvalue weighted by molar-refractivity contribution is 7.92. The van der Waals surface area contributed by atoms with Crippen LogP contribution in [0.1, 0.15) is 25.3 Å². The van der Waals surface area contributed by atoms with E-state index in [1.807, 2.05) is 0 Å². The lowest BCUT2D eigenvalue weighted by atomic mass is 9.96. The Morgan fingerprint density at radius 2 is 1.83 bits per heavy atom. The maximum absolute atomic E-state index is 13.0. The van der Waals surface area contributed by atoms with E-state index in [4.69, 9.17) is 4.74 Å². The number of halogens is 3. The molecule has 0 aliphatic carbocycles. The summed E-state index contributed by atoms with van der Waals surface area (Å²) < 4.78 is 69.1. The summed E-state index contributed by atoms with van der Waals surface area (Å²) in [4.78, 5) is 25.9. The number of methoxy groups -OCH3 is 1. The molecule has 0 N–H and O–H groups in total. The summed E-state index contributed by atoms with van der Waals surface area (Å²) in [6.07, 6.45) is -3.08. The van der Waals surface area contributed by atoms with Crippen LogP contribution in [0.3, 0.4) is 0 Å². The topological polar surface area (TPSA) is 84.0 Å². The van der Waals surface area contributed by atoms with Crippen LogP contribution in [0.5, 0.6) is 0 Å². The molecule has 1 fully saturated rings. The normalized spacial score (nSPS) is 17.0. The molecule has 0 aromatic heterocycles. The third-order valence-electron chi connectivity index (χ3n) is 4.84. The molecule has 1 amide bonds. The van der Waals surface area contributed by atoms with Gasteiger partial charge < -0.3 is 9.64 Å². The molecular weight excluding hydrogens is 413 g/mol. The molecule has 1 aliphatic rings. The van der Waals surface area contributed by atoms with Crippen molar-refractivity contribution in [3.05, 3.63) is 29.8 Å². The monoisotopic (exact) mass is 436 g/mol. The molecule has 1 saturated heterocycles. The second-order valence-corrected chi connectivity index (χ2v) is 8.77. The molecule has 0 bridgehead atoms. The Kier molecular flexibility index (Phi) is 6.82. The summed E-state index contributed by atoms with van der Waals surface area (Å²) in [6.45, 7) is 1.78. The first-order valence-electron chi connectivity index (χ1n) is 8.89. The highest BCUT2D eigenvalue weighted by atomic mass is 32.2. The molecule has 0 radical (unpaired) electrons. The number of carbonyl (C=O) groups excluding carboxylic acids is 2. The zero-order valence-corrected chi connectivity index (χ0v) is 17.1. The summed E-state index contributed by atoms with van der Waals surface area (Å²) in [7, 11) is -2.77. The first-order valence-corrected chi connectivity index (χ1v) is 10.7. The summed E-state index contributed by atoms with van der Waals surface area (Å²) in [6, 6.07) is 2.59. The highest BCUT2D eigenvalue weighted by Crippen LogP contribution is 2.33. The van der Waals surface area contributed by atoms with Crippen LogP contribution in [-0.4, -0.2) is 57.7 Å². The van der Waals surface area contributed by atoms with Crippen LogP contribution in [-0.2, 0) is 30.5 Å². The number of hydrogen-bond donors (Lipinski definition) is 0. The van der Waals surface area contributed by atoms with Crippen molar-refractivity contribution in [2.45, 2.75) is 32.0 Å². The summed E-state index contributed by atoms with van der Waals surface area (Å²) in [5.41, 5.74) is -1.25.